The predicted molar refractivity (Wildman–Crippen MR) is 109 cm³/mol. The molecule has 2 atom stereocenters. The van der Waals surface area contributed by atoms with Crippen LogP contribution in [-0.4, -0.2) is 65.4 Å². The minimum atomic E-state index is -0.372. The molecule has 3 heterocycles. The Balaban J connectivity index is 1.26. The van der Waals surface area contributed by atoms with Crippen LogP contribution in [0.3, 0.4) is 0 Å². The Labute approximate surface area is 170 Å². The summed E-state index contributed by atoms with van der Waals surface area (Å²) in [4.78, 5) is 8.84. The van der Waals surface area contributed by atoms with Crippen LogP contribution in [0, 0.1) is 11.6 Å². The third-order valence-corrected chi connectivity index (χ3v) is 6.07. The number of pyridine rings is 1. The van der Waals surface area contributed by atoms with E-state index in [2.05, 4.69) is 33.9 Å². The van der Waals surface area contributed by atoms with Crippen molar-refractivity contribution in [3.05, 3.63) is 59.8 Å². The number of benzene rings is 1. The first-order chi connectivity index (χ1) is 13.9. The lowest BCUT2D eigenvalue weighted by atomic mass is 9.96. The summed E-state index contributed by atoms with van der Waals surface area (Å²) in [6.45, 7) is 8.93. The molecule has 4 rings (SSSR count). The Morgan fingerprint density at radius 3 is 2.52 bits per heavy atom. The summed E-state index contributed by atoms with van der Waals surface area (Å²) in [7, 11) is 0. The second-order valence-electron chi connectivity index (χ2n) is 8.28. The molecule has 0 amide bonds. The second-order valence-corrected chi connectivity index (χ2v) is 8.28. The van der Waals surface area contributed by atoms with E-state index < -0.39 is 0 Å². The van der Waals surface area contributed by atoms with Gasteiger partial charge in [0.15, 0.2) is 17.9 Å². The number of nitrogens with zero attached hydrogens (tertiary/aromatic N) is 3. The zero-order valence-electron chi connectivity index (χ0n) is 16.9. The molecule has 0 saturated carbocycles. The molecule has 0 spiro atoms. The fraction of sp³-hybridized carbons (Fsp3) is 0.500. The van der Waals surface area contributed by atoms with Gasteiger partial charge in [0.25, 0.3) is 0 Å². The SMILES string of the molecule is CC(C)(C1OC1Nc1ncccc1F)N1CCN(CCc2ccccc2F)CC1. The van der Waals surface area contributed by atoms with Crippen molar-refractivity contribution in [3.8, 4) is 0 Å². The highest BCUT2D eigenvalue weighted by Crippen LogP contribution is 2.37. The van der Waals surface area contributed by atoms with Gasteiger partial charge in [-0.3, -0.25) is 4.90 Å². The zero-order valence-corrected chi connectivity index (χ0v) is 16.9. The number of piperazine rings is 1. The minimum absolute atomic E-state index is 0.0196. The van der Waals surface area contributed by atoms with Gasteiger partial charge < -0.3 is 15.0 Å². The summed E-state index contributed by atoms with van der Waals surface area (Å²) in [5.74, 6) is -0.266. The highest BCUT2D eigenvalue weighted by atomic mass is 19.1. The summed E-state index contributed by atoms with van der Waals surface area (Å²) in [5, 5.41) is 3.05. The molecule has 0 bridgehead atoms. The number of halogens is 2. The molecule has 2 aromatic rings. The molecule has 156 valence electrons. The van der Waals surface area contributed by atoms with Gasteiger partial charge in [-0.25, -0.2) is 13.8 Å². The Kier molecular flexibility index (Phi) is 5.81. The highest BCUT2D eigenvalue weighted by Gasteiger charge is 2.53. The summed E-state index contributed by atoms with van der Waals surface area (Å²) in [6.07, 6.45) is 2.04. The molecule has 7 heteroatoms. The van der Waals surface area contributed by atoms with Gasteiger partial charge in [0.05, 0.1) is 0 Å². The summed E-state index contributed by atoms with van der Waals surface area (Å²) in [5.41, 5.74) is 0.609. The molecule has 2 saturated heterocycles. The van der Waals surface area contributed by atoms with Gasteiger partial charge in [-0.05, 0) is 44.0 Å². The van der Waals surface area contributed by atoms with Crippen LogP contribution in [0.4, 0.5) is 14.6 Å². The monoisotopic (exact) mass is 402 g/mol. The van der Waals surface area contributed by atoms with Crippen molar-refractivity contribution in [1.29, 1.82) is 0 Å². The van der Waals surface area contributed by atoms with Crippen LogP contribution in [0.25, 0.3) is 0 Å². The van der Waals surface area contributed by atoms with Crippen molar-refractivity contribution in [3.63, 3.8) is 0 Å². The number of anilines is 1. The number of nitrogens with one attached hydrogen (secondary N) is 1. The van der Waals surface area contributed by atoms with Gasteiger partial charge in [-0.2, -0.15) is 0 Å². The molecule has 0 aliphatic carbocycles. The highest BCUT2D eigenvalue weighted by molar-refractivity contribution is 5.38. The van der Waals surface area contributed by atoms with Crippen LogP contribution in [-0.2, 0) is 11.2 Å². The fourth-order valence-electron chi connectivity index (χ4n) is 4.09. The van der Waals surface area contributed by atoms with Crippen molar-refractivity contribution < 1.29 is 13.5 Å². The Hall–Kier alpha value is -2.09. The number of epoxide rings is 1. The lowest BCUT2D eigenvalue weighted by Gasteiger charge is -2.43. The van der Waals surface area contributed by atoms with Gasteiger partial charge in [0, 0.05) is 44.5 Å². The molecular formula is C22H28F2N4O. The normalized spacial score (nSPS) is 23.2. The predicted octanol–water partition coefficient (Wildman–Crippen LogP) is 3.14. The Morgan fingerprint density at radius 1 is 1.07 bits per heavy atom. The maximum absolute atomic E-state index is 13.8. The Morgan fingerprint density at radius 2 is 1.79 bits per heavy atom. The summed E-state index contributed by atoms with van der Waals surface area (Å²) < 4.78 is 33.4. The van der Waals surface area contributed by atoms with E-state index in [0.29, 0.717) is 0 Å². The van der Waals surface area contributed by atoms with Gasteiger partial charge in [-0.15, -0.1) is 0 Å². The quantitative estimate of drug-likeness (QED) is 0.721. The molecule has 2 unspecified atom stereocenters. The maximum Gasteiger partial charge on any atom is 0.165 e. The average molecular weight is 402 g/mol. The molecule has 2 aliphatic rings. The summed E-state index contributed by atoms with van der Waals surface area (Å²) >= 11 is 0. The minimum Gasteiger partial charge on any atom is -0.346 e. The van der Waals surface area contributed by atoms with Gasteiger partial charge >= 0.3 is 0 Å². The van der Waals surface area contributed by atoms with E-state index in [1.807, 2.05) is 12.1 Å². The first-order valence-electron chi connectivity index (χ1n) is 10.2. The topological polar surface area (TPSA) is 43.9 Å². The third kappa shape index (κ3) is 4.57. The number of aromatic nitrogens is 1. The van der Waals surface area contributed by atoms with Crippen LogP contribution >= 0.6 is 0 Å². The molecule has 2 aliphatic heterocycles. The Bertz CT molecular complexity index is 839. The van der Waals surface area contributed by atoms with Gasteiger partial charge in [-0.1, -0.05) is 18.2 Å². The third-order valence-electron chi connectivity index (χ3n) is 6.07. The van der Waals surface area contributed by atoms with E-state index in [9.17, 15) is 8.78 Å². The zero-order chi connectivity index (χ0) is 20.4. The summed E-state index contributed by atoms with van der Waals surface area (Å²) in [6, 6.07) is 9.95. The van der Waals surface area contributed by atoms with E-state index in [-0.39, 0.29) is 35.3 Å². The lowest BCUT2D eigenvalue weighted by Crippen LogP contribution is -2.57. The molecule has 1 aromatic carbocycles. The van der Waals surface area contributed by atoms with E-state index in [4.69, 9.17) is 4.74 Å². The van der Waals surface area contributed by atoms with Crippen molar-refractivity contribution in [1.82, 2.24) is 14.8 Å². The van der Waals surface area contributed by atoms with Crippen LogP contribution < -0.4 is 5.32 Å². The number of rotatable bonds is 7. The van der Waals surface area contributed by atoms with Crippen molar-refractivity contribution in [2.75, 3.05) is 38.0 Å². The van der Waals surface area contributed by atoms with E-state index in [1.165, 1.54) is 12.1 Å². The molecule has 0 radical (unpaired) electrons. The molecule has 2 fully saturated rings. The van der Waals surface area contributed by atoms with Crippen LogP contribution in [0.1, 0.15) is 19.4 Å². The second kappa shape index (κ2) is 8.34. The van der Waals surface area contributed by atoms with E-state index >= 15 is 0 Å². The maximum atomic E-state index is 13.8. The molecular weight excluding hydrogens is 374 g/mol. The van der Waals surface area contributed by atoms with E-state index in [1.54, 1.807) is 18.3 Å². The lowest BCUT2D eigenvalue weighted by molar-refractivity contribution is 0.0355. The van der Waals surface area contributed by atoms with Crippen LogP contribution in [0.5, 0.6) is 0 Å². The first-order valence-corrected chi connectivity index (χ1v) is 10.2. The standard InChI is InChI=1S/C22H28F2N4O/c1-22(2,19-21(29-19)26-20-18(24)8-5-10-25-20)28-14-12-27(13-15-28)11-9-16-6-3-4-7-17(16)23/h3-8,10,19,21H,9,11-15H2,1-2H3,(H,25,26). The average Bonchev–Trinajstić information content (AvgIpc) is 3.50. The molecule has 1 aromatic heterocycles. The van der Waals surface area contributed by atoms with E-state index in [0.717, 1.165) is 44.7 Å². The number of hydrogen-bond donors (Lipinski definition) is 1. The smallest absolute Gasteiger partial charge is 0.165 e. The number of ether oxygens (including phenoxy) is 1. The van der Waals surface area contributed by atoms with Crippen LogP contribution in [0.2, 0.25) is 0 Å². The first kappa shape index (κ1) is 20.2. The van der Waals surface area contributed by atoms with Gasteiger partial charge in [0.2, 0.25) is 0 Å². The fourth-order valence-corrected chi connectivity index (χ4v) is 4.09. The molecule has 5 nitrogen and oxygen atoms in total. The van der Waals surface area contributed by atoms with Crippen molar-refractivity contribution in [2.45, 2.75) is 38.1 Å². The van der Waals surface area contributed by atoms with Crippen molar-refractivity contribution >= 4 is 5.82 Å². The van der Waals surface area contributed by atoms with Crippen LogP contribution in [0.15, 0.2) is 42.6 Å². The van der Waals surface area contributed by atoms with Gasteiger partial charge in [0.1, 0.15) is 11.9 Å². The largest absolute Gasteiger partial charge is 0.346 e. The molecule has 29 heavy (non-hydrogen) atoms. The molecule has 1 N–H and O–H groups in total. The number of hydrogen-bond acceptors (Lipinski definition) is 5. The van der Waals surface area contributed by atoms with Crippen molar-refractivity contribution in [2.24, 2.45) is 0 Å².